The van der Waals surface area contributed by atoms with Crippen molar-refractivity contribution in [3.05, 3.63) is 66.2 Å². The van der Waals surface area contributed by atoms with Gasteiger partial charge in [-0.2, -0.15) is 13.9 Å². The molecule has 120 valence electrons. The molecule has 0 radical (unpaired) electrons. The van der Waals surface area contributed by atoms with Crippen LogP contribution in [0.2, 0.25) is 0 Å². The standard InChI is InChI=1S/C17H12F2N4O/c18-15(19)17-21-20-16(24-17)12-7-5-11(6-8-12)9-23-10-13-3-1-2-4-14(13)22-23/h1-8,10,15H,9H2. The summed E-state index contributed by atoms with van der Waals surface area (Å²) in [6.07, 6.45) is -0.782. The third-order valence-electron chi connectivity index (χ3n) is 3.63. The molecule has 0 unspecified atom stereocenters. The summed E-state index contributed by atoms with van der Waals surface area (Å²) in [6.45, 7) is 0.612. The lowest BCUT2D eigenvalue weighted by Gasteiger charge is -2.02. The molecule has 24 heavy (non-hydrogen) atoms. The van der Waals surface area contributed by atoms with E-state index in [1.54, 1.807) is 12.1 Å². The van der Waals surface area contributed by atoms with Crippen LogP contribution in [0.3, 0.4) is 0 Å². The molecule has 0 amide bonds. The van der Waals surface area contributed by atoms with Crippen LogP contribution in [0.1, 0.15) is 17.9 Å². The fourth-order valence-electron chi connectivity index (χ4n) is 2.48. The van der Waals surface area contributed by atoms with Crippen LogP contribution in [0.25, 0.3) is 22.4 Å². The van der Waals surface area contributed by atoms with Gasteiger partial charge in [-0.3, -0.25) is 4.68 Å². The molecule has 0 saturated heterocycles. The van der Waals surface area contributed by atoms with Crippen molar-refractivity contribution in [1.82, 2.24) is 20.0 Å². The van der Waals surface area contributed by atoms with Gasteiger partial charge in [-0.25, -0.2) is 0 Å². The van der Waals surface area contributed by atoms with E-state index in [0.717, 1.165) is 16.5 Å². The predicted molar refractivity (Wildman–Crippen MR) is 83.5 cm³/mol. The molecule has 2 aromatic heterocycles. The third kappa shape index (κ3) is 2.76. The van der Waals surface area contributed by atoms with E-state index in [-0.39, 0.29) is 5.89 Å². The minimum absolute atomic E-state index is 0.0849. The van der Waals surface area contributed by atoms with Gasteiger partial charge in [0.2, 0.25) is 5.89 Å². The monoisotopic (exact) mass is 326 g/mol. The maximum Gasteiger partial charge on any atom is 0.314 e. The lowest BCUT2D eigenvalue weighted by Crippen LogP contribution is -1.99. The molecule has 2 heterocycles. The molecule has 0 aliphatic rings. The minimum atomic E-state index is -2.76. The van der Waals surface area contributed by atoms with Gasteiger partial charge in [-0.05, 0) is 23.8 Å². The van der Waals surface area contributed by atoms with Crippen molar-refractivity contribution in [1.29, 1.82) is 0 Å². The summed E-state index contributed by atoms with van der Waals surface area (Å²) in [7, 11) is 0. The highest BCUT2D eigenvalue weighted by molar-refractivity contribution is 5.77. The molecule has 5 nitrogen and oxygen atoms in total. The first-order valence-corrected chi connectivity index (χ1v) is 7.32. The van der Waals surface area contributed by atoms with Gasteiger partial charge < -0.3 is 4.42 Å². The molecule has 0 spiro atoms. The van der Waals surface area contributed by atoms with Crippen LogP contribution in [0.15, 0.2) is 59.1 Å². The second-order valence-electron chi connectivity index (χ2n) is 5.33. The fraction of sp³-hybridized carbons (Fsp3) is 0.118. The largest absolute Gasteiger partial charge is 0.415 e. The molecule has 4 rings (SSSR count). The zero-order valence-electron chi connectivity index (χ0n) is 12.4. The molecular formula is C17H12F2N4O. The average Bonchev–Trinajstić information content (AvgIpc) is 3.22. The molecule has 0 aliphatic heterocycles. The predicted octanol–water partition coefficient (Wildman–Crippen LogP) is 4.07. The van der Waals surface area contributed by atoms with Gasteiger partial charge in [0.05, 0.1) is 12.1 Å². The summed E-state index contributed by atoms with van der Waals surface area (Å²) in [6, 6.07) is 15.2. The van der Waals surface area contributed by atoms with E-state index in [0.29, 0.717) is 12.1 Å². The number of nitrogens with zero attached hydrogens (tertiary/aromatic N) is 4. The van der Waals surface area contributed by atoms with Gasteiger partial charge >= 0.3 is 6.43 Å². The molecule has 0 aliphatic carbocycles. The Morgan fingerprint density at radius 2 is 1.79 bits per heavy atom. The van der Waals surface area contributed by atoms with Crippen molar-refractivity contribution in [3.8, 4) is 11.5 Å². The van der Waals surface area contributed by atoms with Crippen LogP contribution >= 0.6 is 0 Å². The normalized spacial score (nSPS) is 11.5. The molecule has 0 bridgehead atoms. The fourth-order valence-corrected chi connectivity index (χ4v) is 2.48. The summed E-state index contributed by atoms with van der Waals surface area (Å²) < 4.78 is 31.8. The quantitative estimate of drug-likeness (QED) is 0.567. The van der Waals surface area contributed by atoms with Gasteiger partial charge in [0.15, 0.2) is 0 Å². The number of alkyl halides is 2. The van der Waals surface area contributed by atoms with Crippen molar-refractivity contribution in [2.75, 3.05) is 0 Å². The minimum Gasteiger partial charge on any atom is -0.415 e. The van der Waals surface area contributed by atoms with Crippen LogP contribution in [0.5, 0.6) is 0 Å². The third-order valence-corrected chi connectivity index (χ3v) is 3.63. The van der Waals surface area contributed by atoms with Crippen LogP contribution in [-0.4, -0.2) is 20.0 Å². The van der Waals surface area contributed by atoms with E-state index in [2.05, 4.69) is 15.3 Å². The number of rotatable bonds is 4. The molecule has 0 fully saturated rings. The summed E-state index contributed by atoms with van der Waals surface area (Å²) >= 11 is 0. The summed E-state index contributed by atoms with van der Waals surface area (Å²) in [5, 5.41) is 12.5. The first-order valence-electron chi connectivity index (χ1n) is 7.32. The van der Waals surface area contributed by atoms with E-state index in [1.165, 1.54) is 0 Å². The first kappa shape index (κ1) is 14.5. The highest BCUT2D eigenvalue weighted by Crippen LogP contribution is 2.23. The Morgan fingerprint density at radius 3 is 2.50 bits per heavy atom. The second kappa shape index (κ2) is 5.84. The molecular weight excluding hydrogens is 314 g/mol. The van der Waals surface area contributed by atoms with E-state index < -0.39 is 12.3 Å². The van der Waals surface area contributed by atoms with E-state index >= 15 is 0 Å². The van der Waals surface area contributed by atoms with Crippen molar-refractivity contribution in [2.45, 2.75) is 13.0 Å². The Hall–Kier alpha value is -3.09. The zero-order chi connectivity index (χ0) is 16.5. The molecule has 7 heteroatoms. The van der Waals surface area contributed by atoms with Crippen molar-refractivity contribution in [3.63, 3.8) is 0 Å². The smallest absolute Gasteiger partial charge is 0.314 e. The molecule has 0 atom stereocenters. The maximum atomic E-state index is 12.5. The van der Waals surface area contributed by atoms with Crippen molar-refractivity contribution in [2.24, 2.45) is 0 Å². The molecule has 4 aromatic rings. The van der Waals surface area contributed by atoms with Crippen LogP contribution < -0.4 is 0 Å². The number of fused-ring (bicyclic) bond motifs is 1. The molecule has 2 aromatic carbocycles. The van der Waals surface area contributed by atoms with Crippen LogP contribution in [0, 0.1) is 0 Å². The molecule has 0 N–H and O–H groups in total. The van der Waals surface area contributed by atoms with Crippen molar-refractivity contribution >= 4 is 10.9 Å². The van der Waals surface area contributed by atoms with E-state index in [1.807, 2.05) is 47.3 Å². The Balaban J connectivity index is 1.54. The topological polar surface area (TPSA) is 56.7 Å². The van der Waals surface area contributed by atoms with Gasteiger partial charge in [0.1, 0.15) is 0 Å². The summed E-state index contributed by atoms with van der Waals surface area (Å²) in [5.41, 5.74) is 2.57. The Morgan fingerprint density at radius 1 is 1.00 bits per heavy atom. The van der Waals surface area contributed by atoms with Crippen LogP contribution in [-0.2, 0) is 6.54 Å². The first-order chi connectivity index (χ1) is 11.7. The Kier molecular flexibility index (Phi) is 3.53. The number of halogens is 2. The maximum absolute atomic E-state index is 12.5. The zero-order valence-corrected chi connectivity index (χ0v) is 12.4. The number of hydrogen-bond acceptors (Lipinski definition) is 4. The van der Waals surface area contributed by atoms with Gasteiger partial charge in [0, 0.05) is 17.1 Å². The summed E-state index contributed by atoms with van der Waals surface area (Å²) in [5.74, 6) is -0.584. The number of hydrogen-bond donors (Lipinski definition) is 0. The van der Waals surface area contributed by atoms with E-state index in [4.69, 9.17) is 4.42 Å². The number of aromatic nitrogens is 4. The SMILES string of the molecule is FC(F)c1nnc(-c2ccc(Cn3cc4ccccc4n3)cc2)o1. The van der Waals surface area contributed by atoms with E-state index in [9.17, 15) is 8.78 Å². The van der Waals surface area contributed by atoms with Gasteiger partial charge in [-0.15, -0.1) is 10.2 Å². The molecule has 0 saturated carbocycles. The Labute approximate surface area is 135 Å². The average molecular weight is 326 g/mol. The highest BCUT2D eigenvalue weighted by atomic mass is 19.3. The Bertz CT molecular complexity index is 943. The summed E-state index contributed by atoms with van der Waals surface area (Å²) in [4.78, 5) is 0. The van der Waals surface area contributed by atoms with Crippen LogP contribution in [0.4, 0.5) is 8.78 Å². The van der Waals surface area contributed by atoms with Crippen molar-refractivity contribution < 1.29 is 13.2 Å². The van der Waals surface area contributed by atoms with Gasteiger partial charge in [-0.1, -0.05) is 30.3 Å². The van der Waals surface area contributed by atoms with Gasteiger partial charge in [0.25, 0.3) is 5.89 Å². The number of benzene rings is 2. The highest BCUT2D eigenvalue weighted by Gasteiger charge is 2.16. The second-order valence-corrected chi connectivity index (χ2v) is 5.33. The lowest BCUT2D eigenvalue weighted by atomic mass is 10.1. The lowest BCUT2D eigenvalue weighted by molar-refractivity contribution is 0.116.